The molecule has 1 saturated heterocycles. The minimum Gasteiger partial charge on any atom is -0.478 e. The Hall–Kier alpha value is -3.25. The van der Waals surface area contributed by atoms with Crippen LogP contribution >= 0.6 is 0 Å². The first-order chi connectivity index (χ1) is 16.1. The van der Waals surface area contributed by atoms with Crippen molar-refractivity contribution in [2.75, 3.05) is 13.1 Å². The molecule has 4 aromatic rings. The van der Waals surface area contributed by atoms with Crippen molar-refractivity contribution in [3.05, 3.63) is 71.2 Å². The molecule has 0 aliphatic carbocycles. The van der Waals surface area contributed by atoms with Gasteiger partial charge in [0.05, 0.1) is 22.8 Å². The third-order valence-corrected chi connectivity index (χ3v) is 6.62. The van der Waals surface area contributed by atoms with E-state index in [9.17, 15) is 9.90 Å². The van der Waals surface area contributed by atoms with Gasteiger partial charge in [0.25, 0.3) is 0 Å². The van der Waals surface area contributed by atoms with Crippen LogP contribution in [0.1, 0.15) is 59.9 Å². The Labute approximate surface area is 193 Å². The number of rotatable bonds is 8. The number of carboxylic acids is 1. The lowest BCUT2D eigenvalue weighted by molar-refractivity contribution is 0.0697. The van der Waals surface area contributed by atoms with Gasteiger partial charge in [0, 0.05) is 24.9 Å². The number of aromatic nitrogens is 3. The van der Waals surface area contributed by atoms with E-state index in [-0.39, 0.29) is 5.56 Å². The number of benzene rings is 2. The van der Waals surface area contributed by atoms with Crippen LogP contribution in [0.15, 0.2) is 48.7 Å². The molecule has 0 spiro atoms. The Morgan fingerprint density at radius 3 is 2.42 bits per heavy atom. The maximum atomic E-state index is 11.4. The highest BCUT2D eigenvalue weighted by atomic mass is 16.4. The van der Waals surface area contributed by atoms with Gasteiger partial charge in [0.1, 0.15) is 11.3 Å². The summed E-state index contributed by atoms with van der Waals surface area (Å²) >= 11 is 0. The molecule has 1 fully saturated rings. The van der Waals surface area contributed by atoms with Crippen LogP contribution in [0.4, 0.5) is 0 Å². The van der Waals surface area contributed by atoms with E-state index in [1.165, 1.54) is 37.1 Å². The van der Waals surface area contributed by atoms with E-state index in [0.717, 1.165) is 54.6 Å². The molecule has 0 radical (unpaired) electrons. The van der Waals surface area contributed by atoms with E-state index in [1.54, 1.807) is 18.3 Å². The number of carboxylic acid groups (broad SMARTS) is 1. The monoisotopic (exact) mass is 442 g/mol. The summed E-state index contributed by atoms with van der Waals surface area (Å²) in [7, 11) is 0. The standard InChI is InChI=1S/C27H30N4O2/c1-2-3-6-25-29-24-16-28-23-15-21(27(32)33)11-12-22(23)26(24)31(25)18-20-9-7-19(8-10-20)17-30-13-4-5-14-30/h7-12,15-16H,2-6,13-14,17-18H2,1H3,(H,32,33). The number of hydrogen-bond donors (Lipinski definition) is 1. The van der Waals surface area contributed by atoms with Crippen LogP contribution in [-0.2, 0) is 19.5 Å². The van der Waals surface area contributed by atoms with E-state index in [1.807, 2.05) is 6.07 Å². The summed E-state index contributed by atoms with van der Waals surface area (Å²) in [5.74, 6) is 0.120. The number of nitrogens with zero attached hydrogens (tertiary/aromatic N) is 4. The van der Waals surface area contributed by atoms with Crippen molar-refractivity contribution < 1.29 is 9.90 Å². The summed E-state index contributed by atoms with van der Waals surface area (Å²) in [4.78, 5) is 23.4. The highest BCUT2D eigenvalue weighted by Gasteiger charge is 2.16. The molecule has 0 bridgehead atoms. The van der Waals surface area contributed by atoms with Gasteiger partial charge >= 0.3 is 5.97 Å². The van der Waals surface area contributed by atoms with E-state index in [0.29, 0.717) is 5.52 Å². The molecule has 3 heterocycles. The van der Waals surface area contributed by atoms with Crippen LogP contribution in [0.2, 0.25) is 0 Å². The van der Waals surface area contributed by atoms with Gasteiger partial charge in [-0.2, -0.15) is 0 Å². The van der Waals surface area contributed by atoms with E-state index in [2.05, 4.69) is 45.6 Å². The number of unbranched alkanes of at least 4 members (excludes halogenated alkanes) is 1. The largest absolute Gasteiger partial charge is 0.478 e. The number of likely N-dealkylation sites (tertiary alicyclic amines) is 1. The molecule has 1 aliphatic rings. The van der Waals surface area contributed by atoms with Crippen LogP contribution < -0.4 is 0 Å². The highest BCUT2D eigenvalue weighted by molar-refractivity contribution is 6.04. The molecule has 6 nitrogen and oxygen atoms in total. The van der Waals surface area contributed by atoms with Gasteiger partial charge in [0.15, 0.2) is 0 Å². The molecule has 2 aromatic heterocycles. The van der Waals surface area contributed by atoms with Gasteiger partial charge in [-0.3, -0.25) is 9.88 Å². The van der Waals surface area contributed by atoms with Crippen molar-refractivity contribution in [2.24, 2.45) is 0 Å². The van der Waals surface area contributed by atoms with Gasteiger partial charge in [-0.25, -0.2) is 9.78 Å². The number of aromatic carboxylic acids is 1. The van der Waals surface area contributed by atoms with Gasteiger partial charge in [-0.1, -0.05) is 37.6 Å². The molecule has 2 aromatic carbocycles. The number of aryl methyl sites for hydroxylation is 1. The van der Waals surface area contributed by atoms with Crippen LogP contribution in [0.25, 0.3) is 21.9 Å². The molecule has 33 heavy (non-hydrogen) atoms. The molecule has 0 amide bonds. The maximum Gasteiger partial charge on any atom is 0.335 e. The second-order valence-corrected chi connectivity index (χ2v) is 9.05. The Kier molecular flexibility index (Phi) is 6.09. The highest BCUT2D eigenvalue weighted by Crippen LogP contribution is 2.27. The number of hydrogen-bond acceptors (Lipinski definition) is 4. The maximum absolute atomic E-state index is 11.4. The average molecular weight is 443 g/mol. The number of fused-ring (bicyclic) bond motifs is 3. The van der Waals surface area contributed by atoms with Crippen LogP contribution in [-0.4, -0.2) is 43.6 Å². The second-order valence-electron chi connectivity index (χ2n) is 9.05. The predicted octanol–water partition coefficient (Wildman–Crippen LogP) is 5.27. The molecule has 170 valence electrons. The smallest absolute Gasteiger partial charge is 0.335 e. The molecule has 1 aliphatic heterocycles. The third kappa shape index (κ3) is 4.48. The van der Waals surface area contributed by atoms with Crippen molar-refractivity contribution in [1.29, 1.82) is 0 Å². The summed E-state index contributed by atoms with van der Waals surface area (Å²) < 4.78 is 2.30. The number of imidazole rings is 1. The van der Waals surface area contributed by atoms with Crippen molar-refractivity contribution in [3.8, 4) is 0 Å². The van der Waals surface area contributed by atoms with Crippen LogP contribution in [0.3, 0.4) is 0 Å². The van der Waals surface area contributed by atoms with Gasteiger partial charge < -0.3 is 9.67 Å². The Morgan fingerprint density at radius 1 is 1.00 bits per heavy atom. The lowest BCUT2D eigenvalue weighted by atomic mass is 10.1. The molecule has 6 heteroatoms. The van der Waals surface area contributed by atoms with Gasteiger partial charge in [-0.15, -0.1) is 0 Å². The average Bonchev–Trinajstić information content (AvgIpc) is 3.46. The summed E-state index contributed by atoms with van der Waals surface area (Å²) in [5, 5.41) is 10.3. The minimum absolute atomic E-state index is 0.250. The van der Waals surface area contributed by atoms with Crippen molar-refractivity contribution >= 4 is 27.9 Å². The van der Waals surface area contributed by atoms with Crippen LogP contribution in [0.5, 0.6) is 0 Å². The van der Waals surface area contributed by atoms with Crippen LogP contribution in [0, 0.1) is 0 Å². The first kappa shape index (κ1) is 21.6. The normalized spacial score (nSPS) is 14.5. The van der Waals surface area contributed by atoms with Crippen molar-refractivity contribution in [1.82, 2.24) is 19.4 Å². The molecular weight excluding hydrogens is 412 g/mol. The fourth-order valence-electron chi connectivity index (χ4n) is 4.82. The summed E-state index contributed by atoms with van der Waals surface area (Å²) in [6.07, 6.45) is 7.48. The zero-order valence-electron chi connectivity index (χ0n) is 19.1. The lowest BCUT2D eigenvalue weighted by Crippen LogP contribution is -2.18. The third-order valence-electron chi connectivity index (χ3n) is 6.62. The zero-order chi connectivity index (χ0) is 22.8. The van der Waals surface area contributed by atoms with E-state index in [4.69, 9.17) is 4.98 Å². The Bertz CT molecular complexity index is 1290. The van der Waals surface area contributed by atoms with E-state index < -0.39 is 5.97 Å². The second kappa shape index (κ2) is 9.32. The fraction of sp³-hybridized carbons (Fsp3) is 0.370. The lowest BCUT2D eigenvalue weighted by Gasteiger charge is -2.15. The fourth-order valence-corrected chi connectivity index (χ4v) is 4.82. The zero-order valence-corrected chi connectivity index (χ0v) is 19.1. The first-order valence-corrected chi connectivity index (χ1v) is 11.9. The quantitative estimate of drug-likeness (QED) is 0.403. The van der Waals surface area contributed by atoms with Gasteiger partial charge in [-0.05, 0) is 61.7 Å². The van der Waals surface area contributed by atoms with Crippen molar-refractivity contribution in [3.63, 3.8) is 0 Å². The Balaban J connectivity index is 1.52. The summed E-state index contributed by atoms with van der Waals surface area (Å²) in [6.45, 7) is 6.36. The first-order valence-electron chi connectivity index (χ1n) is 11.9. The number of pyridine rings is 1. The summed E-state index contributed by atoms with van der Waals surface area (Å²) in [6, 6.07) is 14.1. The topological polar surface area (TPSA) is 71.2 Å². The molecule has 0 unspecified atom stereocenters. The molecular formula is C27H30N4O2. The number of carbonyl (C=O) groups is 1. The molecule has 1 N–H and O–H groups in total. The minimum atomic E-state index is -0.940. The Morgan fingerprint density at radius 2 is 1.73 bits per heavy atom. The SMILES string of the molecule is CCCCc1nc2cnc3cc(C(=O)O)ccc3c2n1Cc1ccc(CN2CCCC2)cc1. The van der Waals surface area contributed by atoms with Crippen molar-refractivity contribution in [2.45, 2.75) is 52.1 Å². The summed E-state index contributed by atoms with van der Waals surface area (Å²) in [5.41, 5.74) is 5.43. The van der Waals surface area contributed by atoms with E-state index >= 15 is 0 Å². The molecule has 0 saturated carbocycles. The predicted molar refractivity (Wildman–Crippen MR) is 131 cm³/mol. The van der Waals surface area contributed by atoms with Gasteiger partial charge in [0.2, 0.25) is 0 Å². The molecule has 0 atom stereocenters. The molecule has 5 rings (SSSR count).